The second kappa shape index (κ2) is 13.7. The number of aromatic nitrogens is 2. The summed E-state index contributed by atoms with van der Waals surface area (Å²) in [6.07, 6.45) is -5.70. The van der Waals surface area contributed by atoms with Crippen molar-refractivity contribution in [2.24, 2.45) is 4.99 Å². The molecule has 0 bridgehead atoms. The van der Waals surface area contributed by atoms with Crippen molar-refractivity contribution in [3.05, 3.63) is 69.6 Å². The molecule has 0 spiro atoms. The van der Waals surface area contributed by atoms with E-state index in [1.54, 1.807) is 24.3 Å². The molecule has 0 saturated carbocycles. The Labute approximate surface area is 238 Å². The number of anilines is 1. The molecule has 1 aliphatic heterocycles. The van der Waals surface area contributed by atoms with E-state index in [1.807, 2.05) is 10.4 Å². The van der Waals surface area contributed by atoms with Crippen LogP contribution in [-0.2, 0) is 21.2 Å². The van der Waals surface area contributed by atoms with Crippen molar-refractivity contribution in [2.75, 3.05) is 29.9 Å². The summed E-state index contributed by atoms with van der Waals surface area (Å²) in [4.78, 5) is 27.6. The lowest BCUT2D eigenvalue weighted by Gasteiger charge is -2.26. The first-order chi connectivity index (χ1) is 19.3. The van der Waals surface area contributed by atoms with Crippen molar-refractivity contribution in [1.82, 2.24) is 20.7 Å². The van der Waals surface area contributed by atoms with Gasteiger partial charge in [-0.05, 0) is 62.1 Å². The van der Waals surface area contributed by atoms with E-state index in [9.17, 15) is 36.0 Å². The Morgan fingerprint density at radius 2 is 1.78 bits per heavy atom. The third kappa shape index (κ3) is 9.69. The van der Waals surface area contributed by atoms with Gasteiger partial charge in [0.05, 0.1) is 21.7 Å². The predicted molar refractivity (Wildman–Crippen MR) is 140 cm³/mol. The Bertz CT molecular complexity index is 1500. The number of nitrogens with zero attached hydrogens (tertiary/aromatic N) is 4. The molecule has 1 fully saturated rings. The van der Waals surface area contributed by atoms with Gasteiger partial charge in [-0.25, -0.2) is 22.4 Å². The van der Waals surface area contributed by atoms with Crippen molar-refractivity contribution in [2.45, 2.75) is 12.7 Å². The maximum absolute atomic E-state index is 13.5. The number of hydroxylamine groups is 1. The van der Waals surface area contributed by atoms with Gasteiger partial charge in [0.2, 0.25) is 12.1 Å². The molecule has 1 aliphatic rings. The molecular weight excluding hydrogens is 644 g/mol. The topological polar surface area (TPSA) is 167 Å². The van der Waals surface area contributed by atoms with E-state index in [2.05, 4.69) is 36.6 Å². The van der Waals surface area contributed by atoms with E-state index in [1.165, 1.54) is 18.2 Å². The maximum Gasteiger partial charge on any atom is 0.446 e. The molecule has 12 nitrogen and oxygen atoms in total. The molecule has 2 aromatic carbocycles. The number of aldehydes is 1. The van der Waals surface area contributed by atoms with Crippen molar-refractivity contribution >= 4 is 55.3 Å². The minimum Gasteiger partial charge on any atom is -0.302 e. The van der Waals surface area contributed by atoms with Gasteiger partial charge >= 0.3 is 6.18 Å². The number of halogens is 5. The van der Waals surface area contributed by atoms with E-state index < -0.39 is 34.0 Å². The van der Waals surface area contributed by atoms with E-state index in [4.69, 9.17) is 9.42 Å². The molecule has 220 valence electrons. The van der Waals surface area contributed by atoms with Crippen LogP contribution >= 0.6 is 15.9 Å². The summed E-state index contributed by atoms with van der Waals surface area (Å²) in [5.41, 5.74) is 3.37. The van der Waals surface area contributed by atoms with Crippen LogP contribution in [-0.4, -0.2) is 77.6 Å². The van der Waals surface area contributed by atoms with Crippen LogP contribution in [0.5, 0.6) is 0 Å². The van der Waals surface area contributed by atoms with Gasteiger partial charge in [0.25, 0.3) is 5.91 Å². The number of alkyl halides is 3. The molecule has 0 atom stereocenters. The molecule has 0 unspecified atom stereocenters. The number of amidine groups is 1. The summed E-state index contributed by atoms with van der Waals surface area (Å²) in [5.74, 6) is -0.955. The minimum absolute atomic E-state index is 0.0713. The van der Waals surface area contributed by atoms with Crippen LogP contribution < -0.4 is 10.8 Å². The summed E-state index contributed by atoms with van der Waals surface area (Å²) >= 11 is 3.06. The number of rotatable bonds is 6. The largest absolute Gasteiger partial charge is 0.446 e. The quantitative estimate of drug-likeness (QED) is 0.117. The molecular formula is C23H21BrF4N6O6S. The molecule has 0 radical (unpaired) electrons. The molecule has 1 aromatic heterocycles. The second-order valence-electron chi connectivity index (χ2n) is 8.37. The molecule has 41 heavy (non-hydrogen) atoms. The minimum atomic E-state index is -4.64. The summed E-state index contributed by atoms with van der Waals surface area (Å²) in [5, 5.41) is 19.4. The molecule has 4 rings (SSSR count). The molecule has 1 saturated heterocycles. The summed E-state index contributed by atoms with van der Waals surface area (Å²) in [7, 11) is -2.94. The average Bonchev–Trinajstić information content (AvgIpc) is 3.38. The number of amides is 1. The smallest absolute Gasteiger partial charge is 0.302 e. The van der Waals surface area contributed by atoms with Gasteiger partial charge in [-0.15, -0.1) is 0 Å². The van der Waals surface area contributed by atoms with Gasteiger partial charge in [-0.2, -0.15) is 13.2 Å². The second-order valence-corrected chi connectivity index (χ2v) is 11.5. The molecule has 0 aliphatic carbocycles. The van der Waals surface area contributed by atoms with Gasteiger partial charge in [0.1, 0.15) is 5.82 Å². The molecule has 2 heterocycles. The lowest BCUT2D eigenvalue weighted by atomic mass is 10.1. The van der Waals surface area contributed by atoms with Gasteiger partial charge in [0, 0.05) is 25.2 Å². The summed E-state index contributed by atoms with van der Waals surface area (Å²) in [6, 6.07) is 10.8. The first-order valence-corrected chi connectivity index (χ1v) is 14.0. The zero-order valence-corrected chi connectivity index (χ0v) is 23.1. The average molecular weight is 665 g/mol. The highest BCUT2D eigenvalue weighted by molar-refractivity contribution is 9.10. The van der Waals surface area contributed by atoms with Crippen LogP contribution in [0.25, 0.3) is 0 Å². The normalized spacial score (nSPS) is 15.4. The fourth-order valence-electron chi connectivity index (χ4n) is 3.35. The van der Waals surface area contributed by atoms with Crippen LogP contribution in [0.1, 0.15) is 21.6 Å². The Morgan fingerprint density at radius 1 is 1.15 bits per heavy atom. The zero-order chi connectivity index (χ0) is 30.2. The highest BCUT2D eigenvalue weighted by Gasteiger charge is 2.25. The SMILES string of the molecule is O=C(Nc1nonc1C(=Nc1ccc(F)c(Br)c1)NO)c1ccc(CN2CCS(=O)(=O)CC2)cc1.O=CC(F)(F)F. The van der Waals surface area contributed by atoms with Crippen LogP contribution in [0.3, 0.4) is 0 Å². The van der Waals surface area contributed by atoms with Crippen molar-refractivity contribution in [1.29, 1.82) is 0 Å². The number of hydrogen-bond acceptors (Lipinski definition) is 10. The Hall–Kier alpha value is -3.74. The number of nitrogens with one attached hydrogen (secondary N) is 2. The highest BCUT2D eigenvalue weighted by atomic mass is 79.9. The standard InChI is InChI=1S/C21H20BrFN6O5S.C2HF3O/c22-16-11-15(5-6-17(16)23)24-19(26-31)18-20(28-34-27-18)25-21(30)14-3-1-13(2-4-14)12-29-7-9-35(32,33)10-8-29;3-2(4,5)1-6/h1-6,11,31H,7-10,12H2,(H,24,26)(H,25,28,30);1H. The van der Waals surface area contributed by atoms with E-state index in [0.717, 1.165) is 5.56 Å². The van der Waals surface area contributed by atoms with E-state index >= 15 is 0 Å². The highest BCUT2D eigenvalue weighted by Crippen LogP contribution is 2.23. The van der Waals surface area contributed by atoms with Crippen molar-refractivity contribution in [3.63, 3.8) is 0 Å². The van der Waals surface area contributed by atoms with Crippen LogP contribution in [0.4, 0.5) is 29.1 Å². The number of sulfone groups is 1. The number of carbonyl (C=O) groups is 2. The lowest BCUT2D eigenvalue weighted by Crippen LogP contribution is -2.39. The van der Waals surface area contributed by atoms with Gasteiger partial charge in [-0.3, -0.25) is 25.2 Å². The first-order valence-electron chi connectivity index (χ1n) is 11.4. The van der Waals surface area contributed by atoms with Gasteiger partial charge in [0.15, 0.2) is 21.4 Å². The zero-order valence-electron chi connectivity index (χ0n) is 20.7. The fraction of sp³-hybridized carbons (Fsp3) is 0.261. The molecule has 18 heteroatoms. The predicted octanol–water partition coefficient (Wildman–Crippen LogP) is 3.26. The Balaban J connectivity index is 0.000000696. The molecule has 3 aromatic rings. The number of benzene rings is 2. The third-order valence-electron chi connectivity index (χ3n) is 5.39. The van der Waals surface area contributed by atoms with Crippen molar-refractivity contribution < 1.29 is 45.4 Å². The number of carbonyl (C=O) groups excluding carboxylic acids is 2. The van der Waals surface area contributed by atoms with Gasteiger partial charge < -0.3 is 5.32 Å². The first kappa shape index (κ1) is 31.8. The Morgan fingerprint density at radius 3 is 2.34 bits per heavy atom. The monoisotopic (exact) mass is 664 g/mol. The Kier molecular flexibility index (Phi) is 10.7. The van der Waals surface area contributed by atoms with Crippen LogP contribution in [0.2, 0.25) is 0 Å². The van der Waals surface area contributed by atoms with Crippen molar-refractivity contribution in [3.8, 4) is 0 Å². The van der Waals surface area contributed by atoms with Crippen LogP contribution in [0, 0.1) is 5.82 Å². The van der Waals surface area contributed by atoms with Gasteiger partial charge in [-0.1, -0.05) is 12.1 Å². The fourth-order valence-corrected chi connectivity index (χ4v) is 4.99. The number of hydrogen-bond donors (Lipinski definition) is 3. The number of aliphatic imine (C=N–C) groups is 1. The van der Waals surface area contributed by atoms with E-state index in [-0.39, 0.29) is 39.0 Å². The maximum atomic E-state index is 13.5. The van der Waals surface area contributed by atoms with E-state index in [0.29, 0.717) is 25.2 Å². The molecule has 3 N–H and O–H groups in total. The summed E-state index contributed by atoms with van der Waals surface area (Å²) in [6.45, 7) is 1.53. The summed E-state index contributed by atoms with van der Waals surface area (Å²) < 4.78 is 72.7. The lowest BCUT2D eigenvalue weighted by molar-refractivity contribution is -0.156. The van der Waals surface area contributed by atoms with Crippen LogP contribution in [0.15, 0.2) is 56.6 Å². The third-order valence-corrected chi connectivity index (χ3v) is 7.60. The molecule has 1 amide bonds.